The van der Waals surface area contributed by atoms with Crippen LogP contribution in [0.1, 0.15) is 31.4 Å². The number of nitrogens with zero attached hydrogens (tertiary/aromatic N) is 2. The van der Waals surface area contributed by atoms with Crippen molar-refractivity contribution in [1.29, 1.82) is 0 Å². The second-order valence-electron chi connectivity index (χ2n) is 9.17. The summed E-state index contributed by atoms with van der Waals surface area (Å²) in [4.78, 5) is 28.5. The Hall–Kier alpha value is -3.85. The Morgan fingerprint density at radius 3 is 2.26 bits per heavy atom. The van der Waals surface area contributed by atoms with E-state index in [0.29, 0.717) is 25.1 Å². The lowest BCUT2D eigenvalue weighted by Gasteiger charge is -2.33. The van der Waals surface area contributed by atoms with Crippen molar-refractivity contribution in [2.75, 3.05) is 31.0 Å². The number of benzene rings is 3. The summed E-state index contributed by atoms with van der Waals surface area (Å²) in [5.74, 6) is -0.281. The molecule has 0 spiro atoms. The Bertz CT molecular complexity index is 1340. The molecule has 0 fully saturated rings. The van der Waals surface area contributed by atoms with Gasteiger partial charge in [0.05, 0.1) is 17.7 Å². The molecule has 9 heteroatoms. The Kier molecular flexibility index (Phi) is 10.5. The summed E-state index contributed by atoms with van der Waals surface area (Å²) in [6.45, 7) is 5.73. The summed E-state index contributed by atoms with van der Waals surface area (Å²) in [6.07, 6.45) is 0.905. The molecule has 0 radical (unpaired) electrons. The third-order valence-corrected chi connectivity index (χ3v) is 8.24. The molecule has 2 amide bonds. The monoisotopic (exact) mass is 551 g/mol. The molecule has 1 atom stereocenters. The van der Waals surface area contributed by atoms with Gasteiger partial charge in [0.25, 0.3) is 10.0 Å². The van der Waals surface area contributed by atoms with E-state index in [2.05, 4.69) is 5.32 Å². The van der Waals surface area contributed by atoms with Crippen molar-refractivity contribution in [2.24, 2.45) is 0 Å². The number of hydrogen-bond donors (Lipinski definition) is 1. The number of aryl methyl sites for hydroxylation is 1. The van der Waals surface area contributed by atoms with Gasteiger partial charge in [0.15, 0.2) is 0 Å². The summed E-state index contributed by atoms with van der Waals surface area (Å²) in [5.41, 5.74) is 2.22. The molecule has 0 saturated carbocycles. The highest BCUT2D eigenvalue weighted by Crippen LogP contribution is 2.27. The van der Waals surface area contributed by atoms with Crippen LogP contribution in [0, 0.1) is 6.92 Å². The highest BCUT2D eigenvalue weighted by Gasteiger charge is 2.33. The third-order valence-electron chi connectivity index (χ3n) is 6.45. The summed E-state index contributed by atoms with van der Waals surface area (Å²) in [5, 5.41) is 2.81. The number of rotatable bonds is 13. The zero-order valence-corrected chi connectivity index (χ0v) is 23.8. The van der Waals surface area contributed by atoms with Gasteiger partial charge in [0.2, 0.25) is 11.8 Å². The zero-order chi connectivity index (χ0) is 28.4. The van der Waals surface area contributed by atoms with Crippen molar-refractivity contribution in [3.63, 3.8) is 0 Å². The number of sulfonamides is 1. The fourth-order valence-corrected chi connectivity index (χ4v) is 5.73. The van der Waals surface area contributed by atoms with Crippen molar-refractivity contribution in [1.82, 2.24) is 10.2 Å². The fraction of sp³-hybridized carbons (Fsp3) is 0.333. The number of amides is 2. The first-order valence-corrected chi connectivity index (χ1v) is 14.5. The number of carbonyl (C=O) groups excluding carboxylic acids is 2. The predicted molar refractivity (Wildman–Crippen MR) is 153 cm³/mol. The van der Waals surface area contributed by atoms with Crippen LogP contribution >= 0.6 is 0 Å². The van der Waals surface area contributed by atoms with Gasteiger partial charge in [-0.25, -0.2) is 8.42 Å². The highest BCUT2D eigenvalue weighted by atomic mass is 32.2. The molecule has 3 aromatic carbocycles. The van der Waals surface area contributed by atoms with Gasteiger partial charge in [0.1, 0.15) is 18.3 Å². The molecule has 39 heavy (non-hydrogen) atoms. The van der Waals surface area contributed by atoms with E-state index in [1.54, 1.807) is 36.4 Å². The summed E-state index contributed by atoms with van der Waals surface area (Å²) in [7, 11) is -2.63. The maximum absolute atomic E-state index is 14.0. The molecular weight excluding hydrogens is 514 g/mol. The standard InChI is InChI=1S/C30H37N3O5S/c1-5-28(30(35)31-6-2)32(20-19-24-11-8-7-9-12-24)29(34)22-33(25-13-10-14-26(21-25)38-4)39(36,37)27-17-15-23(3)16-18-27/h7-18,21,28H,5-6,19-20,22H2,1-4H3,(H,31,35)/t28-/m1/s1. The largest absolute Gasteiger partial charge is 0.497 e. The molecule has 0 unspecified atom stereocenters. The molecule has 0 aromatic heterocycles. The lowest BCUT2D eigenvalue weighted by atomic mass is 10.1. The predicted octanol–water partition coefficient (Wildman–Crippen LogP) is 4.18. The molecular formula is C30H37N3O5S. The van der Waals surface area contributed by atoms with E-state index in [4.69, 9.17) is 4.74 Å². The van der Waals surface area contributed by atoms with E-state index in [1.807, 2.05) is 51.1 Å². The number of methoxy groups -OCH3 is 1. The lowest BCUT2D eigenvalue weighted by Crippen LogP contribution is -2.53. The van der Waals surface area contributed by atoms with Crippen molar-refractivity contribution in [2.45, 2.75) is 44.6 Å². The minimum Gasteiger partial charge on any atom is -0.497 e. The van der Waals surface area contributed by atoms with Crippen molar-refractivity contribution in [3.8, 4) is 5.75 Å². The van der Waals surface area contributed by atoms with Crippen LogP contribution in [-0.4, -0.2) is 57.9 Å². The van der Waals surface area contributed by atoms with Crippen LogP contribution in [0.2, 0.25) is 0 Å². The number of hydrogen-bond acceptors (Lipinski definition) is 5. The van der Waals surface area contributed by atoms with Crippen molar-refractivity contribution >= 4 is 27.5 Å². The quantitative estimate of drug-likeness (QED) is 0.344. The van der Waals surface area contributed by atoms with Gasteiger partial charge in [0, 0.05) is 19.2 Å². The number of likely N-dealkylation sites (N-methyl/N-ethyl adjacent to an activating group) is 1. The highest BCUT2D eigenvalue weighted by molar-refractivity contribution is 7.92. The SMILES string of the molecule is CCNC(=O)[C@@H](CC)N(CCc1ccccc1)C(=O)CN(c1cccc(OC)c1)S(=O)(=O)c1ccc(C)cc1. The summed E-state index contributed by atoms with van der Waals surface area (Å²) >= 11 is 0. The first-order valence-electron chi connectivity index (χ1n) is 13.1. The molecule has 0 saturated heterocycles. The van der Waals surface area contributed by atoms with Crippen molar-refractivity contribution in [3.05, 3.63) is 90.0 Å². The van der Waals surface area contributed by atoms with Crippen LogP contribution in [0.15, 0.2) is 83.8 Å². The minimum absolute atomic E-state index is 0.0651. The molecule has 0 heterocycles. The molecule has 0 bridgehead atoms. The third kappa shape index (κ3) is 7.60. The summed E-state index contributed by atoms with van der Waals surface area (Å²) in [6, 6.07) is 22.0. The van der Waals surface area contributed by atoms with Crippen LogP contribution in [0.25, 0.3) is 0 Å². The average molecular weight is 552 g/mol. The molecule has 0 aliphatic carbocycles. The van der Waals surface area contributed by atoms with Crippen LogP contribution < -0.4 is 14.4 Å². The van der Waals surface area contributed by atoms with E-state index >= 15 is 0 Å². The summed E-state index contributed by atoms with van der Waals surface area (Å²) < 4.78 is 34.2. The molecule has 3 rings (SSSR count). The second-order valence-corrected chi connectivity index (χ2v) is 11.0. The molecule has 0 aliphatic rings. The number of anilines is 1. The normalized spacial score (nSPS) is 11.9. The minimum atomic E-state index is -4.12. The molecule has 3 aromatic rings. The van der Waals surface area contributed by atoms with Crippen LogP contribution in [-0.2, 0) is 26.0 Å². The topological polar surface area (TPSA) is 96.0 Å². The molecule has 1 N–H and O–H groups in total. The first kappa shape index (κ1) is 29.7. The van der Waals surface area contributed by atoms with Crippen LogP contribution in [0.5, 0.6) is 5.75 Å². The fourth-order valence-electron chi connectivity index (χ4n) is 4.32. The van der Waals surface area contributed by atoms with E-state index in [9.17, 15) is 18.0 Å². The molecule has 0 aliphatic heterocycles. The van der Waals surface area contributed by atoms with Gasteiger partial charge in [-0.3, -0.25) is 13.9 Å². The van der Waals surface area contributed by atoms with Gasteiger partial charge in [-0.05, 0) is 56.5 Å². The Labute approximate surface area is 231 Å². The van der Waals surface area contributed by atoms with Gasteiger partial charge >= 0.3 is 0 Å². The van der Waals surface area contributed by atoms with Crippen LogP contribution in [0.4, 0.5) is 5.69 Å². The number of nitrogens with one attached hydrogen (secondary N) is 1. The van der Waals surface area contributed by atoms with Crippen molar-refractivity contribution < 1.29 is 22.7 Å². The van der Waals surface area contributed by atoms with Gasteiger partial charge in [-0.15, -0.1) is 0 Å². The first-order chi connectivity index (χ1) is 18.7. The Balaban J connectivity index is 2.02. The average Bonchev–Trinajstić information content (AvgIpc) is 2.94. The maximum Gasteiger partial charge on any atom is 0.264 e. The smallest absolute Gasteiger partial charge is 0.264 e. The lowest BCUT2D eigenvalue weighted by molar-refractivity contribution is -0.139. The number of carbonyl (C=O) groups is 2. The Morgan fingerprint density at radius 2 is 1.64 bits per heavy atom. The van der Waals surface area contributed by atoms with E-state index in [-0.39, 0.29) is 23.0 Å². The molecule has 8 nitrogen and oxygen atoms in total. The van der Waals surface area contributed by atoms with Gasteiger partial charge in [-0.1, -0.05) is 61.0 Å². The van der Waals surface area contributed by atoms with Gasteiger partial charge < -0.3 is 15.0 Å². The van der Waals surface area contributed by atoms with E-state index in [1.165, 1.54) is 24.1 Å². The zero-order valence-electron chi connectivity index (χ0n) is 23.0. The Morgan fingerprint density at radius 1 is 0.949 bits per heavy atom. The van der Waals surface area contributed by atoms with Gasteiger partial charge in [-0.2, -0.15) is 0 Å². The number of ether oxygens (including phenoxy) is 1. The molecule has 208 valence electrons. The van der Waals surface area contributed by atoms with Crippen LogP contribution in [0.3, 0.4) is 0 Å². The second kappa shape index (κ2) is 13.8. The van der Waals surface area contributed by atoms with E-state index < -0.39 is 28.5 Å². The maximum atomic E-state index is 14.0. The van der Waals surface area contributed by atoms with E-state index in [0.717, 1.165) is 15.4 Å².